The predicted octanol–water partition coefficient (Wildman–Crippen LogP) is 6.75. The zero-order chi connectivity index (χ0) is 18.3. The van der Waals surface area contributed by atoms with Gasteiger partial charge in [0.2, 0.25) is 0 Å². The van der Waals surface area contributed by atoms with Gasteiger partial charge >= 0.3 is 6.09 Å². The molecule has 0 fully saturated rings. The molecule has 2 heterocycles. The van der Waals surface area contributed by atoms with Gasteiger partial charge in [0.1, 0.15) is 5.60 Å². The highest BCUT2D eigenvalue weighted by molar-refractivity contribution is 8.02. The van der Waals surface area contributed by atoms with Gasteiger partial charge in [-0.1, -0.05) is 42.1 Å². The van der Waals surface area contributed by atoms with Gasteiger partial charge in [0, 0.05) is 15.0 Å². The maximum atomic E-state index is 13.0. The highest BCUT2D eigenvalue weighted by Gasteiger charge is 2.31. The van der Waals surface area contributed by atoms with Crippen LogP contribution in [0.2, 0.25) is 0 Å². The first-order chi connectivity index (χ1) is 12.4. The zero-order valence-electron chi connectivity index (χ0n) is 14.9. The molecular formula is C21H19NO2S2. The molecule has 132 valence electrons. The van der Waals surface area contributed by atoms with Gasteiger partial charge in [-0.25, -0.2) is 9.69 Å². The molecule has 0 spiro atoms. The number of benzene rings is 2. The van der Waals surface area contributed by atoms with Crippen LogP contribution < -0.4 is 4.90 Å². The quantitative estimate of drug-likeness (QED) is 0.467. The fourth-order valence-electron chi connectivity index (χ4n) is 2.82. The van der Waals surface area contributed by atoms with E-state index in [-0.39, 0.29) is 6.09 Å². The van der Waals surface area contributed by atoms with Crippen LogP contribution in [0.5, 0.6) is 0 Å². The SMILES string of the molecule is CC(C)(C)OC(=O)N1C(c2cc3ccccc3s2)=CSc2ccccc21. The second-order valence-electron chi connectivity index (χ2n) is 7.05. The summed E-state index contributed by atoms with van der Waals surface area (Å²) in [7, 11) is 0. The van der Waals surface area contributed by atoms with E-state index in [1.54, 1.807) is 28.0 Å². The Morgan fingerprint density at radius 3 is 2.54 bits per heavy atom. The minimum atomic E-state index is -0.554. The van der Waals surface area contributed by atoms with E-state index in [9.17, 15) is 4.79 Å². The third kappa shape index (κ3) is 3.24. The Kier molecular flexibility index (Phi) is 4.29. The molecule has 0 radical (unpaired) electrons. The van der Waals surface area contributed by atoms with Crippen molar-refractivity contribution in [2.45, 2.75) is 31.3 Å². The zero-order valence-corrected chi connectivity index (χ0v) is 16.5. The topological polar surface area (TPSA) is 29.5 Å². The number of carbonyl (C=O) groups is 1. The summed E-state index contributed by atoms with van der Waals surface area (Å²) in [6.45, 7) is 5.66. The summed E-state index contributed by atoms with van der Waals surface area (Å²) in [4.78, 5) is 16.8. The second kappa shape index (κ2) is 6.49. The summed E-state index contributed by atoms with van der Waals surface area (Å²) in [5.41, 5.74) is 1.17. The lowest BCUT2D eigenvalue weighted by Crippen LogP contribution is -2.36. The van der Waals surface area contributed by atoms with E-state index in [1.807, 2.05) is 62.6 Å². The fourth-order valence-corrected chi connectivity index (χ4v) is 4.88. The molecule has 1 amide bonds. The molecule has 3 aromatic rings. The Labute approximate surface area is 161 Å². The molecule has 0 atom stereocenters. The Bertz CT molecular complexity index is 981. The number of hydrogen-bond acceptors (Lipinski definition) is 4. The Balaban J connectivity index is 1.81. The molecule has 0 saturated heterocycles. The number of nitrogens with zero attached hydrogens (tertiary/aromatic N) is 1. The number of para-hydroxylation sites is 1. The third-order valence-corrected chi connectivity index (χ3v) is 5.98. The standard InChI is InChI=1S/C21H19NO2S2/c1-21(2,3)24-20(23)22-15-9-5-7-11-18(15)25-13-16(22)19-12-14-8-4-6-10-17(14)26-19/h4-13H,1-3H3. The lowest BCUT2D eigenvalue weighted by atomic mass is 10.2. The first kappa shape index (κ1) is 17.2. The van der Waals surface area contributed by atoms with Gasteiger partial charge in [-0.05, 0) is 50.4 Å². The van der Waals surface area contributed by atoms with E-state index in [1.165, 1.54) is 10.1 Å². The number of amides is 1. The van der Waals surface area contributed by atoms with E-state index < -0.39 is 5.60 Å². The minimum Gasteiger partial charge on any atom is -0.443 e. The van der Waals surface area contributed by atoms with Gasteiger partial charge in [0.15, 0.2) is 0 Å². The number of ether oxygens (including phenoxy) is 1. The lowest BCUT2D eigenvalue weighted by Gasteiger charge is -2.31. The highest BCUT2D eigenvalue weighted by Crippen LogP contribution is 2.44. The average Bonchev–Trinajstić information content (AvgIpc) is 3.03. The number of fused-ring (bicyclic) bond motifs is 2. The van der Waals surface area contributed by atoms with Crippen LogP contribution in [0.25, 0.3) is 15.8 Å². The van der Waals surface area contributed by atoms with Crippen LogP contribution in [-0.4, -0.2) is 11.7 Å². The van der Waals surface area contributed by atoms with Crippen LogP contribution >= 0.6 is 23.1 Å². The van der Waals surface area contributed by atoms with Crippen LogP contribution in [0.3, 0.4) is 0 Å². The van der Waals surface area contributed by atoms with E-state index in [2.05, 4.69) is 18.2 Å². The van der Waals surface area contributed by atoms with E-state index in [0.717, 1.165) is 21.2 Å². The molecule has 0 aliphatic carbocycles. The summed E-state index contributed by atoms with van der Waals surface area (Å²) < 4.78 is 6.91. The van der Waals surface area contributed by atoms with Crippen molar-refractivity contribution in [3.8, 4) is 0 Å². The summed E-state index contributed by atoms with van der Waals surface area (Å²) in [5.74, 6) is 0. The summed E-state index contributed by atoms with van der Waals surface area (Å²) >= 11 is 3.32. The second-order valence-corrected chi connectivity index (χ2v) is 9.05. The van der Waals surface area contributed by atoms with Crippen molar-refractivity contribution in [2.24, 2.45) is 0 Å². The van der Waals surface area contributed by atoms with E-state index in [4.69, 9.17) is 4.74 Å². The Morgan fingerprint density at radius 2 is 1.77 bits per heavy atom. The molecule has 0 saturated carbocycles. The average molecular weight is 382 g/mol. The van der Waals surface area contributed by atoms with Crippen LogP contribution in [0, 0.1) is 0 Å². The molecule has 26 heavy (non-hydrogen) atoms. The van der Waals surface area contributed by atoms with Gasteiger partial charge in [0.05, 0.1) is 16.3 Å². The van der Waals surface area contributed by atoms with Crippen LogP contribution in [-0.2, 0) is 4.74 Å². The smallest absolute Gasteiger partial charge is 0.419 e. The van der Waals surface area contributed by atoms with E-state index in [0.29, 0.717) is 0 Å². The van der Waals surface area contributed by atoms with Crippen LogP contribution in [0.1, 0.15) is 25.6 Å². The largest absolute Gasteiger partial charge is 0.443 e. The number of thioether (sulfide) groups is 1. The molecule has 2 aromatic carbocycles. The van der Waals surface area contributed by atoms with Gasteiger partial charge < -0.3 is 4.74 Å². The number of rotatable bonds is 1. The molecule has 1 aliphatic rings. The first-order valence-electron chi connectivity index (χ1n) is 8.40. The van der Waals surface area contributed by atoms with Gasteiger partial charge in [-0.2, -0.15) is 0 Å². The molecule has 1 aromatic heterocycles. The summed E-state index contributed by atoms with van der Waals surface area (Å²) in [5, 5.41) is 3.22. The Hall–Kier alpha value is -2.24. The molecular weight excluding hydrogens is 362 g/mol. The highest BCUT2D eigenvalue weighted by atomic mass is 32.2. The molecule has 4 rings (SSSR count). The Morgan fingerprint density at radius 1 is 1.04 bits per heavy atom. The third-order valence-electron chi connectivity index (χ3n) is 3.90. The number of hydrogen-bond donors (Lipinski definition) is 0. The number of thiophene rings is 1. The van der Waals surface area contributed by atoms with Crippen LogP contribution in [0.15, 0.2) is 64.9 Å². The van der Waals surface area contributed by atoms with Crippen molar-refractivity contribution in [1.29, 1.82) is 0 Å². The van der Waals surface area contributed by atoms with Crippen molar-refractivity contribution < 1.29 is 9.53 Å². The molecule has 0 bridgehead atoms. The van der Waals surface area contributed by atoms with Crippen molar-refractivity contribution in [3.63, 3.8) is 0 Å². The molecule has 0 N–H and O–H groups in total. The van der Waals surface area contributed by atoms with Crippen molar-refractivity contribution in [2.75, 3.05) is 4.90 Å². The van der Waals surface area contributed by atoms with Crippen LogP contribution in [0.4, 0.5) is 10.5 Å². The van der Waals surface area contributed by atoms with Gasteiger partial charge in [0.25, 0.3) is 0 Å². The van der Waals surface area contributed by atoms with Gasteiger partial charge in [-0.15, -0.1) is 11.3 Å². The molecule has 3 nitrogen and oxygen atoms in total. The molecule has 0 unspecified atom stereocenters. The maximum absolute atomic E-state index is 13.0. The van der Waals surface area contributed by atoms with Crippen molar-refractivity contribution in [3.05, 3.63) is 64.9 Å². The first-order valence-corrected chi connectivity index (χ1v) is 10.1. The summed E-state index contributed by atoms with van der Waals surface area (Å²) in [6.07, 6.45) is -0.353. The molecule has 1 aliphatic heterocycles. The normalized spacial score (nSPS) is 14.1. The lowest BCUT2D eigenvalue weighted by molar-refractivity contribution is 0.0600. The number of carbonyl (C=O) groups excluding carboxylic acids is 1. The monoisotopic (exact) mass is 381 g/mol. The summed E-state index contributed by atoms with van der Waals surface area (Å²) in [6, 6.07) is 18.3. The fraction of sp³-hybridized carbons (Fsp3) is 0.190. The van der Waals surface area contributed by atoms with E-state index >= 15 is 0 Å². The van der Waals surface area contributed by atoms with Crippen molar-refractivity contribution >= 4 is 50.7 Å². The minimum absolute atomic E-state index is 0.353. The van der Waals surface area contributed by atoms with Crippen molar-refractivity contribution in [1.82, 2.24) is 0 Å². The maximum Gasteiger partial charge on any atom is 0.419 e. The number of anilines is 1. The molecule has 5 heteroatoms. The van der Waals surface area contributed by atoms with Gasteiger partial charge in [-0.3, -0.25) is 0 Å². The predicted molar refractivity (Wildman–Crippen MR) is 111 cm³/mol.